The van der Waals surface area contributed by atoms with Crippen LogP contribution in [0.3, 0.4) is 0 Å². The van der Waals surface area contributed by atoms with Crippen LogP contribution in [0.5, 0.6) is 0 Å². The van der Waals surface area contributed by atoms with Crippen LogP contribution in [-0.2, 0) is 4.79 Å². The lowest BCUT2D eigenvalue weighted by atomic mass is 10.0. The normalized spacial score (nSPS) is 11.3. The van der Waals surface area contributed by atoms with Gasteiger partial charge in [0.1, 0.15) is 0 Å². The molecule has 23 heavy (non-hydrogen) atoms. The van der Waals surface area contributed by atoms with E-state index in [0.717, 1.165) is 5.56 Å². The van der Waals surface area contributed by atoms with Crippen molar-refractivity contribution in [2.24, 2.45) is 0 Å². The van der Waals surface area contributed by atoms with Crippen LogP contribution in [0, 0.1) is 0 Å². The van der Waals surface area contributed by atoms with Gasteiger partial charge in [0.05, 0.1) is 12.5 Å². The fourth-order valence-corrected chi connectivity index (χ4v) is 2.21. The summed E-state index contributed by atoms with van der Waals surface area (Å²) < 4.78 is 0. The Balaban J connectivity index is 2.12. The van der Waals surface area contributed by atoms with Gasteiger partial charge in [0.15, 0.2) is 0 Å². The van der Waals surface area contributed by atoms with Crippen LogP contribution in [0.25, 0.3) is 0 Å². The number of amides is 2. The molecule has 1 atom stereocenters. The van der Waals surface area contributed by atoms with Gasteiger partial charge < -0.3 is 10.6 Å². The van der Waals surface area contributed by atoms with Crippen molar-refractivity contribution < 1.29 is 9.59 Å². The molecule has 0 heterocycles. The van der Waals surface area contributed by atoms with Crippen molar-refractivity contribution >= 4 is 11.8 Å². The third-order valence-corrected chi connectivity index (χ3v) is 3.38. The standard InChI is InChI=1S/C19H20N2O2/c1-2-13-20-18(22)14-17(15-9-5-3-6-10-15)21-19(23)16-11-7-4-8-12-16/h2-12,17H,1,13-14H2,(H,20,22)(H,21,23). The zero-order chi connectivity index (χ0) is 16.5. The summed E-state index contributed by atoms with van der Waals surface area (Å²) in [5.41, 5.74) is 1.46. The Morgan fingerprint density at radius 3 is 2.22 bits per heavy atom. The summed E-state index contributed by atoms with van der Waals surface area (Å²) in [5, 5.41) is 5.67. The van der Waals surface area contributed by atoms with Crippen molar-refractivity contribution in [1.82, 2.24) is 10.6 Å². The predicted molar refractivity (Wildman–Crippen MR) is 90.9 cm³/mol. The molecule has 0 fully saturated rings. The number of hydrogen-bond donors (Lipinski definition) is 2. The molecule has 0 aliphatic rings. The second-order valence-corrected chi connectivity index (χ2v) is 5.10. The Bertz CT molecular complexity index is 654. The van der Waals surface area contributed by atoms with E-state index in [-0.39, 0.29) is 24.3 Å². The summed E-state index contributed by atoms with van der Waals surface area (Å²) in [6.45, 7) is 3.98. The Hall–Kier alpha value is -2.88. The zero-order valence-electron chi connectivity index (χ0n) is 12.9. The summed E-state index contributed by atoms with van der Waals surface area (Å²) in [7, 11) is 0. The van der Waals surface area contributed by atoms with Crippen LogP contribution in [-0.4, -0.2) is 18.4 Å². The van der Waals surface area contributed by atoms with E-state index in [1.165, 1.54) is 0 Å². The summed E-state index contributed by atoms with van der Waals surface area (Å²) in [6.07, 6.45) is 1.80. The topological polar surface area (TPSA) is 58.2 Å². The van der Waals surface area contributed by atoms with Gasteiger partial charge in [-0.2, -0.15) is 0 Å². The third kappa shape index (κ3) is 5.11. The number of nitrogens with one attached hydrogen (secondary N) is 2. The molecule has 4 nitrogen and oxygen atoms in total. The number of hydrogen-bond acceptors (Lipinski definition) is 2. The monoisotopic (exact) mass is 308 g/mol. The van der Waals surface area contributed by atoms with E-state index in [0.29, 0.717) is 12.1 Å². The van der Waals surface area contributed by atoms with E-state index in [4.69, 9.17) is 0 Å². The van der Waals surface area contributed by atoms with Gasteiger partial charge in [0, 0.05) is 12.1 Å². The highest BCUT2D eigenvalue weighted by Crippen LogP contribution is 2.17. The Morgan fingerprint density at radius 2 is 1.61 bits per heavy atom. The second kappa shape index (κ2) is 8.54. The molecule has 4 heteroatoms. The predicted octanol–water partition coefficient (Wildman–Crippen LogP) is 2.85. The first-order chi connectivity index (χ1) is 11.2. The van der Waals surface area contributed by atoms with Crippen LogP contribution in [0.2, 0.25) is 0 Å². The molecule has 2 aromatic rings. The minimum atomic E-state index is -0.381. The maximum absolute atomic E-state index is 12.4. The van der Waals surface area contributed by atoms with Gasteiger partial charge in [-0.1, -0.05) is 54.6 Å². The molecule has 0 aromatic heterocycles. The smallest absolute Gasteiger partial charge is 0.251 e. The van der Waals surface area contributed by atoms with Gasteiger partial charge in [-0.05, 0) is 17.7 Å². The molecule has 0 bridgehead atoms. The average molecular weight is 308 g/mol. The molecule has 2 aromatic carbocycles. The molecule has 0 saturated carbocycles. The lowest BCUT2D eigenvalue weighted by Crippen LogP contribution is -2.33. The van der Waals surface area contributed by atoms with Crippen LogP contribution < -0.4 is 10.6 Å². The third-order valence-electron chi connectivity index (χ3n) is 3.38. The van der Waals surface area contributed by atoms with Crippen molar-refractivity contribution in [3.8, 4) is 0 Å². The van der Waals surface area contributed by atoms with Gasteiger partial charge in [-0.3, -0.25) is 9.59 Å². The van der Waals surface area contributed by atoms with E-state index < -0.39 is 0 Å². The van der Waals surface area contributed by atoms with Crippen LogP contribution in [0.4, 0.5) is 0 Å². The van der Waals surface area contributed by atoms with Crippen molar-refractivity contribution in [3.63, 3.8) is 0 Å². The van der Waals surface area contributed by atoms with E-state index in [2.05, 4.69) is 17.2 Å². The first kappa shape index (κ1) is 16.5. The molecule has 0 saturated heterocycles. The van der Waals surface area contributed by atoms with E-state index in [1.54, 1.807) is 18.2 Å². The van der Waals surface area contributed by atoms with Crippen LogP contribution in [0.15, 0.2) is 73.3 Å². The highest BCUT2D eigenvalue weighted by atomic mass is 16.2. The largest absolute Gasteiger partial charge is 0.353 e. The zero-order valence-corrected chi connectivity index (χ0v) is 12.9. The van der Waals surface area contributed by atoms with Gasteiger partial charge in [0.2, 0.25) is 5.91 Å². The van der Waals surface area contributed by atoms with Crippen LogP contribution in [0.1, 0.15) is 28.4 Å². The van der Waals surface area contributed by atoms with E-state index >= 15 is 0 Å². The molecule has 2 rings (SSSR count). The molecular weight excluding hydrogens is 288 g/mol. The van der Waals surface area contributed by atoms with Crippen LogP contribution >= 0.6 is 0 Å². The molecule has 1 unspecified atom stereocenters. The summed E-state index contributed by atoms with van der Waals surface area (Å²) >= 11 is 0. The van der Waals surface area contributed by atoms with Gasteiger partial charge in [-0.25, -0.2) is 0 Å². The highest BCUT2D eigenvalue weighted by Gasteiger charge is 2.18. The maximum Gasteiger partial charge on any atom is 0.251 e. The highest BCUT2D eigenvalue weighted by molar-refractivity contribution is 5.94. The molecule has 118 valence electrons. The first-order valence-corrected chi connectivity index (χ1v) is 7.49. The van der Waals surface area contributed by atoms with Gasteiger partial charge >= 0.3 is 0 Å². The second-order valence-electron chi connectivity index (χ2n) is 5.10. The fraction of sp³-hybridized carbons (Fsp3) is 0.158. The summed E-state index contributed by atoms with van der Waals surface area (Å²) in [6, 6.07) is 18.1. The Morgan fingerprint density at radius 1 is 1.00 bits per heavy atom. The first-order valence-electron chi connectivity index (χ1n) is 7.49. The van der Waals surface area contributed by atoms with Crippen molar-refractivity contribution in [3.05, 3.63) is 84.4 Å². The molecule has 0 aliphatic carbocycles. The van der Waals surface area contributed by atoms with E-state index in [1.807, 2.05) is 48.5 Å². The van der Waals surface area contributed by atoms with Crippen molar-refractivity contribution in [2.75, 3.05) is 6.54 Å². The Labute approximate surface area is 136 Å². The molecule has 2 amide bonds. The summed E-state index contributed by atoms with van der Waals surface area (Å²) in [4.78, 5) is 24.4. The maximum atomic E-state index is 12.4. The van der Waals surface area contributed by atoms with Gasteiger partial charge in [-0.15, -0.1) is 6.58 Å². The molecule has 0 spiro atoms. The lowest BCUT2D eigenvalue weighted by Gasteiger charge is -2.19. The van der Waals surface area contributed by atoms with Gasteiger partial charge in [0.25, 0.3) is 5.91 Å². The number of carbonyl (C=O) groups is 2. The molecule has 0 aliphatic heterocycles. The van der Waals surface area contributed by atoms with Crippen molar-refractivity contribution in [1.29, 1.82) is 0 Å². The summed E-state index contributed by atoms with van der Waals surface area (Å²) in [5.74, 6) is -0.330. The average Bonchev–Trinajstić information content (AvgIpc) is 2.61. The minimum Gasteiger partial charge on any atom is -0.353 e. The lowest BCUT2D eigenvalue weighted by molar-refractivity contribution is -0.121. The quantitative estimate of drug-likeness (QED) is 0.773. The van der Waals surface area contributed by atoms with E-state index in [9.17, 15) is 9.59 Å². The number of rotatable bonds is 7. The molecular formula is C19H20N2O2. The minimum absolute atomic E-state index is 0.132. The molecule has 0 radical (unpaired) electrons. The fourth-order valence-electron chi connectivity index (χ4n) is 2.21. The SMILES string of the molecule is C=CCNC(=O)CC(NC(=O)c1ccccc1)c1ccccc1. The number of benzene rings is 2. The Kier molecular flexibility index (Phi) is 6.12. The molecule has 2 N–H and O–H groups in total. The number of carbonyl (C=O) groups excluding carboxylic acids is 2. The van der Waals surface area contributed by atoms with Crippen molar-refractivity contribution in [2.45, 2.75) is 12.5 Å².